The van der Waals surface area contributed by atoms with Crippen LogP contribution in [0.4, 0.5) is 13.2 Å². The molecule has 0 aromatic carbocycles. The van der Waals surface area contributed by atoms with Gasteiger partial charge < -0.3 is 0 Å². The highest BCUT2D eigenvalue weighted by atomic mass is 32.3. The Morgan fingerprint density at radius 1 is 1.40 bits per heavy atom. The highest BCUT2D eigenvalue weighted by Crippen LogP contribution is 2.22. The highest BCUT2D eigenvalue weighted by molar-refractivity contribution is 8.09. The van der Waals surface area contributed by atoms with E-state index in [1.165, 1.54) is 10.4 Å². The summed E-state index contributed by atoms with van der Waals surface area (Å²) in [5.74, 6) is 0. The maximum Gasteiger partial charge on any atom is 0.512 e. The molecule has 0 bridgehead atoms. The van der Waals surface area contributed by atoms with Gasteiger partial charge in [-0.15, -0.1) is 0 Å². The average molecular weight is 195 g/mol. The topological polar surface area (TPSA) is 46.2 Å². The van der Waals surface area contributed by atoms with E-state index in [0.717, 1.165) is 0 Å². The number of alkyl halides is 3. The van der Waals surface area contributed by atoms with Gasteiger partial charge in [-0.2, -0.15) is 17.3 Å². The van der Waals surface area contributed by atoms with Crippen molar-refractivity contribution in [2.75, 3.05) is 6.26 Å². The molecule has 1 N–H and O–H groups in total. The van der Waals surface area contributed by atoms with Crippen LogP contribution in [-0.2, 0) is 10.0 Å². The lowest BCUT2D eigenvalue weighted by atomic mass is 11.6. The van der Waals surface area contributed by atoms with Crippen LogP contribution in [-0.4, -0.2) is 20.2 Å². The number of hydrogen-bond acceptors (Lipinski definition) is 3. The summed E-state index contributed by atoms with van der Waals surface area (Å²) in [4.78, 5) is 0. The Kier molecular flexibility index (Phi) is 2.99. The van der Waals surface area contributed by atoms with E-state index in [1.807, 2.05) is 0 Å². The number of rotatable bonds is 2. The Labute approximate surface area is 60.2 Å². The summed E-state index contributed by atoms with van der Waals surface area (Å²) in [7, 11) is -5.13. The molecule has 0 fully saturated rings. The fourth-order valence-corrected chi connectivity index (χ4v) is 1.41. The van der Waals surface area contributed by atoms with Crippen LogP contribution >= 0.6 is 11.9 Å². The van der Waals surface area contributed by atoms with Crippen LogP contribution in [0.3, 0.4) is 0 Å². The standard InChI is InChI=1S/C2H4F3NO2S2/c1-9-6-10(7,8)2(3,4)5/h6H,1H3. The van der Waals surface area contributed by atoms with Crippen molar-refractivity contribution < 1.29 is 21.6 Å². The van der Waals surface area contributed by atoms with Crippen LogP contribution in [0.15, 0.2) is 0 Å². The van der Waals surface area contributed by atoms with Crippen molar-refractivity contribution in [3.8, 4) is 0 Å². The summed E-state index contributed by atoms with van der Waals surface area (Å²) in [6.45, 7) is 0. The first kappa shape index (κ1) is 10.0. The first-order chi connectivity index (χ1) is 4.31. The quantitative estimate of drug-likeness (QED) is 0.660. The van der Waals surface area contributed by atoms with Crippen LogP contribution in [0, 0.1) is 0 Å². The van der Waals surface area contributed by atoms with E-state index in [2.05, 4.69) is 0 Å². The zero-order valence-electron chi connectivity index (χ0n) is 4.77. The van der Waals surface area contributed by atoms with E-state index in [0.29, 0.717) is 11.9 Å². The first-order valence-corrected chi connectivity index (χ1v) is 4.63. The molecule has 0 aliphatic carbocycles. The molecule has 0 heterocycles. The fourth-order valence-electron chi connectivity index (χ4n) is 0.157. The van der Waals surface area contributed by atoms with Crippen molar-refractivity contribution in [2.45, 2.75) is 5.51 Å². The van der Waals surface area contributed by atoms with Gasteiger partial charge in [0.2, 0.25) is 0 Å². The van der Waals surface area contributed by atoms with Gasteiger partial charge in [-0.25, -0.2) is 8.42 Å². The summed E-state index contributed by atoms with van der Waals surface area (Å²) < 4.78 is 55.3. The predicted molar refractivity (Wildman–Crippen MR) is 31.6 cm³/mol. The van der Waals surface area contributed by atoms with Crippen molar-refractivity contribution >= 4 is 22.0 Å². The molecule has 8 heteroatoms. The summed E-state index contributed by atoms with van der Waals surface area (Å²) in [5, 5.41) is 0. The van der Waals surface area contributed by atoms with Gasteiger partial charge >= 0.3 is 15.5 Å². The van der Waals surface area contributed by atoms with Crippen molar-refractivity contribution in [1.29, 1.82) is 0 Å². The van der Waals surface area contributed by atoms with E-state index >= 15 is 0 Å². The molecule has 0 saturated carbocycles. The Morgan fingerprint density at radius 3 is 1.90 bits per heavy atom. The minimum absolute atomic E-state index is 0.377. The van der Waals surface area contributed by atoms with Gasteiger partial charge in [0.1, 0.15) is 0 Å². The molecule has 0 spiro atoms. The average Bonchev–Trinajstić information content (AvgIpc) is 1.61. The molecular formula is C2H4F3NO2S2. The maximum atomic E-state index is 11.4. The smallest absolute Gasteiger partial charge is 0.202 e. The molecule has 3 nitrogen and oxygen atoms in total. The monoisotopic (exact) mass is 195 g/mol. The van der Waals surface area contributed by atoms with Gasteiger partial charge in [0.15, 0.2) is 0 Å². The summed E-state index contributed by atoms with van der Waals surface area (Å²) in [5.41, 5.74) is -5.21. The van der Waals surface area contributed by atoms with E-state index in [4.69, 9.17) is 0 Å². The molecule has 0 aliphatic heterocycles. The number of halogens is 3. The third-order valence-corrected chi connectivity index (χ3v) is 2.65. The third-order valence-electron chi connectivity index (χ3n) is 0.498. The van der Waals surface area contributed by atoms with Crippen LogP contribution in [0.1, 0.15) is 0 Å². The van der Waals surface area contributed by atoms with Crippen LogP contribution in [0.2, 0.25) is 0 Å². The Hall–Kier alpha value is 0.0500. The molecule has 0 aromatic heterocycles. The second-order valence-corrected chi connectivity index (χ2v) is 3.78. The summed E-state index contributed by atoms with van der Waals surface area (Å²) >= 11 is 0.377. The molecule has 0 atom stereocenters. The molecule has 10 heavy (non-hydrogen) atoms. The second kappa shape index (κ2) is 2.97. The Balaban J connectivity index is 4.44. The lowest BCUT2D eigenvalue weighted by Gasteiger charge is -2.05. The molecular weight excluding hydrogens is 191 g/mol. The largest absolute Gasteiger partial charge is 0.512 e. The van der Waals surface area contributed by atoms with Crippen LogP contribution in [0.5, 0.6) is 0 Å². The molecule has 0 aromatic rings. The lowest BCUT2D eigenvalue weighted by Crippen LogP contribution is -2.32. The second-order valence-electron chi connectivity index (χ2n) is 1.24. The van der Waals surface area contributed by atoms with Gasteiger partial charge in [0.25, 0.3) is 0 Å². The van der Waals surface area contributed by atoms with Gasteiger partial charge in [0.05, 0.1) is 0 Å². The predicted octanol–water partition coefficient (Wildman–Crippen LogP) is 0.704. The number of sulfonamides is 1. The molecule has 0 saturated heterocycles. The van der Waals surface area contributed by atoms with Crippen LogP contribution < -0.4 is 4.13 Å². The maximum absolute atomic E-state index is 11.4. The third kappa shape index (κ3) is 2.35. The van der Waals surface area contributed by atoms with E-state index in [-0.39, 0.29) is 0 Å². The van der Waals surface area contributed by atoms with E-state index in [9.17, 15) is 21.6 Å². The minimum Gasteiger partial charge on any atom is -0.202 e. The fraction of sp³-hybridized carbons (Fsp3) is 1.00. The van der Waals surface area contributed by atoms with Crippen molar-refractivity contribution in [1.82, 2.24) is 4.13 Å². The van der Waals surface area contributed by atoms with E-state index < -0.39 is 15.5 Å². The molecule has 62 valence electrons. The molecule has 0 unspecified atom stereocenters. The van der Waals surface area contributed by atoms with Crippen LogP contribution in [0.25, 0.3) is 0 Å². The highest BCUT2D eigenvalue weighted by Gasteiger charge is 2.45. The Morgan fingerprint density at radius 2 is 1.80 bits per heavy atom. The normalized spacial score (nSPS) is 13.6. The first-order valence-electron chi connectivity index (χ1n) is 1.92. The summed E-state index contributed by atoms with van der Waals surface area (Å²) in [6.07, 6.45) is 1.18. The number of hydrogen-bond donors (Lipinski definition) is 1. The molecule has 0 aliphatic rings. The van der Waals surface area contributed by atoms with Crippen molar-refractivity contribution in [2.24, 2.45) is 0 Å². The molecule has 0 rings (SSSR count). The zero-order chi connectivity index (χ0) is 8.41. The lowest BCUT2D eigenvalue weighted by molar-refractivity contribution is -0.0440. The van der Waals surface area contributed by atoms with Gasteiger partial charge in [-0.1, -0.05) is 11.9 Å². The SMILES string of the molecule is CSNS(=O)(=O)C(F)(F)F. The van der Waals surface area contributed by atoms with Gasteiger partial charge in [0, 0.05) is 0 Å². The van der Waals surface area contributed by atoms with Gasteiger partial charge in [-0.05, 0) is 6.26 Å². The Bertz CT molecular complexity index is 195. The van der Waals surface area contributed by atoms with Crippen molar-refractivity contribution in [3.05, 3.63) is 0 Å². The molecule has 0 amide bonds. The zero-order valence-corrected chi connectivity index (χ0v) is 6.40. The van der Waals surface area contributed by atoms with Gasteiger partial charge in [-0.3, -0.25) is 0 Å². The molecule has 0 radical (unpaired) electrons. The minimum atomic E-state index is -5.21. The van der Waals surface area contributed by atoms with E-state index in [1.54, 1.807) is 0 Å². The number of nitrogens with one attached hydrogen (secondary N) is 1. The summed E-state index contributed by atoms with van der Waals surface area (Å²) in [6, 6.07) is 0. The van der Waals surface area contributed by atoms with Crippen molar-refractivity contribution in [3.63, 3.8) is 0 Å².